The van der Waals surface area contributed by atoms with E-state index in [1.807, 2.05) is 28.6 Å². The molecule has 0 bridgehead atoms. The van der Waals surface area contributed by atoms with Crippen LogP contribution in [0.1, 0.15) is 128 Å². The molecule has 3 fully saturated rings. The number of aromatic nitrogens is 7. The number of piperidine rings is 3. The first-order valence-electron chi connectivity index (χ1n) is 23.9. The molecule has 3 N–H and O–H groups in total. The lowest BCUT2D eigenvalue weighted by atomic mass is 9.94. The monoisotopic (exact) mass is 931 g/mol. The van der Waals surface area contributed by atoms with Crippen LogP contribution < -0.4 is 16.0 Å². The van der Waals surface area contributed by atoms with Crippen molar-refractivity contribution in [1.29, 1.82) is 0 Å². The highest BCUT2D eigenvalue weighted by atomic mass is 19.4. The molecule has 0 radical (unpaired) electrons. The van der Waals surface area contributed by atoms with E-state index in [0.717, 1.165) is 131 Å². The Bertz CT molecular complexity index is 2420. The highest BCUT2D eigenvalue weighted by Gasteiger charge is 2.31. The van der Waals surface area contributed by atoms with Crippen molar-refractivity contribution < 1.29 is 26.3 Å². The largest absolute Gasteiger partial charge is 0.416 e. The van der Waals surface area contributed by atoms with Gasteiger partial charge in [-0.25, -0.2) is 0 Å². The summed E-state index contributed by atoms with van der Waals surface area (Å²) < 4.78 is 82.6. The first-order chi connectivity index (χ1) is 32.3. The van der Waals surface area contributed by atoms with E-state index in [4.69, 9.17) is 5.10 Å². The average Bonchev–Trinajstić information content (AvgIpc) is 4.10. The topological polar surface area (TPSA) is 102 Å². The number of nitrogens with one attached hydrogen (secondary N) is 3. The van der Waals surface area contributed by atoms with Gasteiger partial charge in [0.25, 0.3) is 0 Å². The summed E-state index contributed by atoms with van der Waals surface area (Å²) in [7, 11) is 0. The molecule has 3 aliphatic heterocycles. The number of alkyl halides is 6. The van der Waals surface area contributed by atoms with Gasteiger partial charge in [-0.15, -0.1) is 0 Å². The van der Waals surface area contributed by atoms with E-state index in [9.17, 15) is 26.3 Å². The van der Waals surface area contributed by atoms with Gasteiger partial charge in [-0.1, -0.05) is 30.3 Å². The Kier molecular flexibility index (Phi) is 17.1. The van der Waals surface area contributed by atoms with Gasteiger partial charge in [-0.3, -0.25) is 19.0 Å². The summed E-state index contributed by atoms with van der Waals surface area (Å²) in [5.41, 5.74) is 8.02. The number of hydrogen-bond acceptors (Lipinski definition) is 7. The molecule has 3 saturated heterocycles. The van der Waals surface area contributed by atoms with Gasteiger partial charge in [0.15, 0.2) is 0 Å². The summed E-state index contributed by atoms with van der Waals surface area (Å²) in [6, 6.07) is 21.3. The van der Waals surface area contributed by atoms with Crippen molar-refractivity contribution in [2.75, 3.05) is 39.3 Å². The van der Waals surface area contributed by atoms with Gasteiger partial charge in [0.1, 0.15) is 0 Å². The van der Waals surface area contributed by atoms with Crippen molar-refractivity contribution in [3.63, 3.8) is 0 Å². The SMILES string of the molecule is CCn1nc(-c2cccnc2)cc1C1CCNCC1.CCn1nc(Cc2ccc(C(F)(F)F)cc2)cc1C1CCNCC1.CCn1nc(Cc2cccc(C(F)(F)F)c2)cc1C1CCNCC1. The molecule has 10 nitrogen and oxygen atoms in total. The van der Waals surface area contributed by atoms with E-state index < -0.39 is 23.5 Å². The quantitative estimate of drug-likeness (QED) is 0.111. The molecular weight excluding hydrogens is 867 g/mol. The van der Waals surface area contributed by atoms with Crippen LogP contribution in [0.25, 0.3) is 11.3 Å². The van der Waals surface area contributed by atoms with E-state index in [2.05, 4.69) is 73.9 Å². The van der Waals surface area contributed by atoms with Gasteiger partial charge in [0, 0.05) is 85.3 Å². The van der Waals surface area contributed by atoms with E-state index in [1.54, 1.807) is 12.3 Å². The van der Waals surface area contributed by atoms with Gasteiger partial charge in [-0.05, 0) is 158 Å². The number of nitrogens with zero attached hydrogens (tertiary/aromatic N) is 7. The second-order valence-corrected chi connectivity index (χ2v) is 17.6. The van der Waals surface area contributed by atoms with Crippen molar-refractivity contribution in [1.82, 2.24) is 50.3 Å². The van der Waals surface area contributed by atoms with Gasteiger partial charge >= 0.3 is 12.4 Å². The first kappa shape index (κ1) is 49.6. The molecular formula is C51H64F6N10. The highest BCUT2D eigenvalue weighted by Crippen LogP contribution is 2.33. The molecule has 7 heterocycles. The van der Waals surface area contributed by atoms with Crippen molar-refractivity contribution in [2.45, 2.75) is 122 Å². The van der Waals surface area contributed by atoms with Gasteiger partial charge in [0.05, 0.1) is 28.2 Å². The maximum atomic E-state index is 12.8. The van der Waals surface area contributed by atoms with Crippen LogP contribution in [0.5, 0.6) is 0 Å². The Morgan fingerprint density at radius 2 is 0.970 bits per heavy atom. The smallest absolute Gasteiger partial charge is 0.317 e. The average molecular weight is 931 g/mol. The number of halogens is 6. The van der Waals surface area contributed by atoms with Crippen LogP contribution in [0.4, 0.5) is 26.3 Å². The lowest BCUT2D eigenvalue weighted by molar-refractivity contribution is -0.138. The molecule has 0 unspecified atom stereocenters. The van der Waals surface area contributed by atoms with E-state index >= 15 is 0 Å². The summed E-state index contributed by atoms with van der Waals surface area (Å²) in [6.45, 7) is 15.1. The molecule has 3 aliphatic rings. The Balaban J connectivity index is 0.000000150. The number of hydrogen-bond donors (Lipinski definition) is 3. The summed E-state index contributed by atoms with van der Waals surface area (Å²) in [5, 5.41) is 24.1. The molecule has 67 heavy (non-hydrogen) atoms. The molecule has 0 spiro atoms. The molecule has 4 aromatic heterocycles. The van der Waals surface area contributed by atoms with E-state index in [0.29, 0.717) is 36.2 Å². The molecule has 0 saturated carbocycles. The molecule has 0 atom stereocenters. The molecule has 360 valence electrons. The summed E-state index contributed by atoms with van der Waals surface area (Å²) in [4.78, 5) is 4.18. The number of aryl methyl sites for hydroxylation is 3. The maximum absolute atomic E-state index is 12.8. The highest BCUT2D eigenvalue weighted by molar-refractivity contribution is 5.58. The predicted molar refractivity (Wildman–Crippen MR) is 250 cm³/mol. The zero-order valence-electron chi connectivity index (χ0n) is 38.8. The zero-order valence-corrected chi connectivity index (χ0v) is 38.8. The molecule has 9 rings (SSSR count). The summed E-state index contributed by atoms with van der Waals surface area (Å²) >= 11 is 0. The Hall–Kier alpha value is -5.32. The second kappa shape index (κ2) is 23.1. The van der Waals surface area contributed by atoms with Gasteiger partial charge in [-0.2, -0.15) is 41.6 Å². The minimum Gasteiger partial charge on any atom is -0.317 e. The van der Waals surface area contributed by atoms with Crippen LogP contribution in [-0.2, 0) is 44.8 Å². The first-order valence-corrected chi connectivity index (χ1v) is 23.9. The normalized spacial score (nSPS) is 16.6. The predicted octanol–water partition coefficient (Wildman–Crippen LogP) is 10.4. The third-order valence-corrected chi connectivity index (χ3v) is 13.0. The lowest BCUT2D eigenvalue weighted by Crippen LogP contribution is -2.27. The van der Waals surface area contributed by atoms with Crippen molar-refractivity contribution >= 4 is 0 Å². The molecule has 6 aromatic rings. The Labute approximate surface area is 390 Å². The van der Waals surface area contributed by atoms with Crippen LogP contribution >= 0.6 is 0 Å². The second-order valence-electron chi connectivity index (χ2n) is 17.6. The Morgan fingerprint density at radius 1 is 0.507 bits per heavy atom. The van der Waals surface area contributed by atoms with Crippen LogP contribution in [0.2, 0.25) is 0 Å². The van der Waals surface area contributed by atoms with Gasteiger partial charge in [0.2, 0.25) is 0 Å². The van der Waals surface area contributed by atoms with Crippen molar-refractivity contribution in [3.8, 4) is 11.3 Å². The molecule has 16 heteroatoms. The van der Waals surface area contributed by atoms with E-state index in [-0.39, 0.29) is 0 Å². The van der Waals surface area contributed by atoms with E-state index in [1.165, 1.54) is 54.2 Å². The Morgan fingerprint density at radius 3 is 1.42 bits per heavy atom. The fraction of sp³-hybridized carbons (Fsp3) is 0.490. The summed E-state index contributed by atoms with van der Waals surface area (Å²) in [6.07, 6.45) is 2.85. The summed E-state index contributed by atoms with van der Waals surface area (Å²) in [5.74, 6) is 1.63. The lowest BCUT2D eigenvalue weighted by Gasteiger charge is -2.23. The number of rotatable bonds is 11. The molecule has 2 aromatic carbocycles. The van der Waals surface area contributed by atoms with Crippen molar-refractivity contribution in [2.24, 2.45) is 0 Å². The van der Waals surface area contributed by atoms with Gasteiger partial charge < -0.3 is 16.0 Å². The third kappa shape index (κ3) is 13.4. The minimum absolute atomic E-state index is 0.425. The molecule has 0 amide bonds. The van der Waals surface area contributed by atoms with Crippen LogP contribution in [0, 0.1) is 0 Å². The number of benzene rings is 2. The standard InChI is InChI=1S/2C18H22F3N3.C15H20N4/c1-2-24-17(14-7-9-22-10-8-14)12-16(23-24)11-13-3-5-15(6-4-13)18(19,20)21;1-2-24-17(14-6-8-22-9-7-14)12-16(23-24)11-13-4-3-5-15(10-13)18(19,20)21;1-2-19-15(12-5-8-16-9-6-12)10-14(18-19)13-4-3-7-17-11-13/h3-6,12,14,22H,2,7-11H2,1H3;3-5,10,12,14,22H,2,6-9,11H2,1H3;3-4,7,10-12,16H,2,5-6,8-9H2,1H3. The third-order valence-electron chi connectivity index (χ3n) is 13.0. The fourth-order valence-corrected chi connectivity index (χ4v) is 9.42. The number of pyridine rings is 1. The zero-order chi connectivity index (χ0) is 47.4. The van der Waals surface area contributed by atoms with Crippen LogP contribution in [0.3, 0.4) is 0 Å². The maximum Gasteiger partial charge on any atom is 0.416 e. The van der Waals surface area contributed by atoms with Crippen molar-refractivity contribution in [3.05, 3.63) is 142 Å². The molecule has 0 aliphatic carbocycles. The minimum atomic E-state index is -4.31. The van der Waals surface area contributed by atoms with Crippen LogP contribution in [0.15, 0.2) is 91.3 Å². The van der Waals surface area contributed by atoms with Crippen LogP contribution in [-0.4, -0.2) is 73.6 Å². The fourth-order valence-electron chi connectivity index (χ4n) is 9.42.